The van der Waals surface area contributed by atoms with Gasteiger partial charge < -0.3 is 0 Å². The van der Waals surface area contributed by atoms with E-state index < -0.39 is 0 Å². The minimum Gasteiger partial charge on any atom is -0.296 e. The molecule has 2 fully saturated rings. The first-order chi connectivity index (χ1) is 6.27. The second-order valence-electron chi connectivity index (χ2n) is 4.20. The van der Waals surface area contributed by atoms with Crippen LogP contribution in [0.2, 0.25) is 0 Å². The van der Waals surface area contributed by atoms with Crippen LogP contribution in [-0.4, -0.2) is 11.8 Å². The van der Waals surface area contributed by atoms with Crippen LogP contribution in [0.3, 0.4) is 0 Å². The monoisotopic (exact) mass is 177 g/mol. The van der Waals surface area contributed by atoms with Gasteiger partial charge in [-0.2, -0.15) is 0 Å². The Morgan fingerprint density at radius 1 is 1.00 bits per heavy atom. The van der Waals surface area contributed by atoms with Gasteiger partial charge in [-0.15, -0.1) is 0 Å². The molecular weight excluding hydrogens is 166 g/mol. The molecule has 0 aromatic heterocycles. The normalized spacial score (nSPS) is 46.5. The molecular formula is C10H11NO2. The Morgan fingerprint density at radius 2 is 1.46 bits per heavy atom. The molecule has 0 radical (unpaired) electrons. The van der Waals surface area contributed by atoms with Gasteiger partial charge in [0.1, 0.15) is 0 Å². The number of hydrogen-bond acceptors (Lipinski definition) is 2. The predicted octanol–water partition coefficient (Wildman–Crippen LogP) is 0.471. The first kappa shape index (κ1) is 7.30. The van der Waals surface area contributed by atoms with Crippen molar-refractivity contribution in [2.75, 3.05) is 0 Å². The second kappa shape index (κ2) is 2.22. The summed E-state index contributed by atoms with van der Waals surface area (Å²) in [7, 11) is 0. The van der Waals surface area contributed by atoms with Crippen molar-refractivity contribution in [2.24, 2.45) is 23.7 Å². The summed E-state index contributed by atoms with van der Waals surface area (Å²) in [5.41, 5.74) is 0. The van der Waals surface area contributed by atoms with Crippen LogP contribution in [0.5, 0.6) is 0 Å². The predicted molar refractivity (Wildman–Crippen MR) is 45.5 cm³/mol. The summed E-state index contributed by atoms with van der Waals surface area (Å²) in [4.78, 5) is 22.9. The molecule has 68 valence electrons. The molecule has 3 nitrogen and oxygen atoms in total. The third kappa shape index (κ3) is 0.794. The molecule has 2 amide bonds. The SMILES string of the molecule is O=C1NC(=O)C2C3C=CC(CC3)C12. The molecule has 4 aliphatic rings. The number of amides is 2. The highest BCUT2D eigenvalue weighted by Crippen LogP contribution is 2.46. The number of hydrogen-bond donors (Lipinski definition) is 1. The summed E-state index contributed by atoms with van der Waals surface area (Å²) < 4.78 is 0. The van der Waals surface area contributed by atoms with Crippen molar-refractivity contribution in [3.8, 4) is 0 Å². The zero-order valence-corrected chi connectivity index (χ0v) is 7.19. The number of imide groups is 1. The van der Waals surface area contributed by atoms with Gasteiger partial charge in [0.05, 0.1) is 11.8 Å². The van der Waals surface area contributed by atoms with Crippen molar-refractivity contribution in [1.29, 1.82) is 0 Å². The average Bonchev–Trinajstić information content (AvgIpc) is 2.47. The Morgan fingerprint density at radius 3 is 1.85 bits per heavy atom. The summed E-state index contributed by atoms with van der Waals surface area (Å²) >= 11 is 0. The molecule has 1 saturated heterocycles. The van der Waals surface area contributed by atoms with Crippen molar-refractivity contribution in [3.05, 3.63) is 12.2 Å². The number of rotatable bonds is 0. The summed E-state index contributed by atoms with van der Waals surface area (Å²) in [6.45, 7) is 0. The van der Waals surface area contributed by atoms with Crippen LogP contribution in [0.1, 0.15) is 12.8 Å². The van der Waals surface area contributed by atoms with E-state index in [4.69, 9.17) is 0 Å². The van der Waals surface area contributed by atoms with E-state index in [9.17, 15) is 9.59 Å². The Hall–Kier alpha value is -1.12. The molecule has 2 bridgehead atoms. The zero-order valence-electron chi connectivity index (χ0n) is 7.19. The van der Waals surface area contributed by atoms with E-state index in [1.165, 1.54) is 0 Å². The molecule has 0 aromatic rings. The minimum absolute atomic E-state index is 0.0451. The van der Waals surface area contributed by atoms with Crippen LogP contribution < -0.4 is 5.32 Å². The molecule has 4 rings (SSSR count). The molecule has 3 heteroatoms. The summed E-state index contributed by atoms with van der Waals surface area (Å²) in [6.07, 6.45) is 6.38. The van der Waals surface area contributed by atoms with Gasteiger partial charge in [0, 0.05) is 0 Å². The maximum absolute atomic E-state index is 11.4. The summed E-state index contributed by atoms with van der Waals surface area (Å²) in [5, 5.41) is 2.44. The van der Waals surface area contributed by atoms with E-state index in [0.717, 1.165) is 12.8 Å². The van der Waals surface area contributed by atoms with E-state index in [-0.39, 0.29) is 23.7 Å². The van der Waals surface area contributed by atoms with Crippen molar-refractivity contribution < 1.29 is 9.59 Å². The smallest absolute Gasteiger partial charge is 0.231 e. The standard InChI is InChI=1S/C10H11NO2/c12-9-7-5-1-2-6(4-3-5)8(7)10(13)11-9/h1-2,5-8H,3-4H2,(H,11,12,13). The van der Waals surface area contributed by atoms with Gasteiger partial charge in [-0.3, -0.25) is 14.9 Å². The third-order valence-corrected chi connectivity index (χ3v) is 3.60. The Balaban J connectivity index is 2.07. The van der Waals surface area contributed by atoms with E-state index in [2.05, 4.69) is 17.5 Å². The van der Waals surface area contributed by atoms with Gasteiger partial charge in [-0.25, -0.2) is 0 Å². The second-order valence-corrected chi connectivity index (χ2v) is 4.20. The van der Waals surface area contributed by atoms with E-state index in [1.807, 2.05) is 0 Å². The lowest BCUT2D eigenvalue weighted by molar-refractivity contribution is -0.126. The van der Waals surface area contributed by atoms with Crippen LogP contribution in [-0.2, 0) is 9.59 Å². The van der Waals surface area contributed by atoms with Crippen molar-refractivity contribution >= 4 is 11.8 Å². The maximum atomic E-state index is 11.4. The molecule has 0 spiro atoms. The van der Waals surface area contributed by atoms with E-state index >= 15 is 0 Å². The molecule has 3 aliphatic carbocycles. The number of carbonyl (C=O) groups is 2. The molecule has 13 heavy (non-hydrogen) atoms. The summed E-state index contributed by atoms with van der Waals surface area (Å²) in [5.74, 6) is 0.457. The van der Waals surface area contributed by atoms with Gasteiger partial charge >= 0.3 is 0 Å². The lowest BCUT2D eigenvalue weighted by atomic mass is 9.63. The topological polar surface area (TPSA) is 46.2 Å². The number of carbonyl (C=O) groups excluding carboxylic acids is 2. The largest absolute Gasteiger partial charge is 0.296 e. The molecule has 1 N–H and O–H groups in total. The number of fused-ring (bicyclic) bond motifs is 1. The summed E-state index contributed by atoms with van der Waals surface area (Å²) in [6, 6.07) is 0. The lowest BCUT2D eigenvalue weighted by Crippen LogP contribution is -2.38. The van der Waals surface area contributed by atoms with Crippen LogP contribution in [0, 0.1) is 23.7 Å². The number of nitrogens with one attached hydrogen (secondary N) is 1. The van der Waals surface area contributed by atoms with E-state index in [0.29, 0.717) is 11.8 Å². The van der Waals surface area contributed by atoms with Gasteiger partial charge in [-0.05, 0) is 24.7 Å². The highest BCUT2D eigenvalue weighted by atomic mass is 16.2. The van der Waals surface area contributed by atoms with Gasteiger partial charge in [-0.1, -0.05) is 12.2 Å². The average molecular weight is 177 g/mol. The highest BCUT2D eigenvalue weighted by molar-refractivity contribution is 6.05. The van der Waals surface area contributed by atoms with Crippen LogP contribution in [0.15, 0.2) is 12.2 Å². The maximum Gasteiger partial charge on any atom is 0.231 e. The lowest BCUT2D eigenvalue weighted by Gasteiger charge is -2.38. The zero-order chi connectivity index (χ0) is 9.00. The minimum atomic E-state index is -0.0472. The molecule has 0 aromatic carbocycles. The van der Waals surface area contributed by atoms with Crippen LogP contribution in [0.25, 0.3) is 0 Å². The Bertz CT molecular complexity index is 291. The first-order valence-corrected chi connectivity index (χ1v) is 4.80. The van der Waals surface area contributed by atoms with Gasteiger partial charge in [0.15, 0.2) is 0 Å². The molecule has 1 heterocycles. The van der Waals surface area contributed by atoms with Crippen molar-refractivity contribution in [1.82, 2.24) is 5.32 Å². The first-order valence-electron chi connectivity index (χ1n) is 4.80. The van der Waals surface area contributed by atoms with E-state index in [1.54, 1.807) is 0 Å². The fourth-order valence-electron chi connectivity index (χ4n) is 3.00. The highest BCUT2D eigenvalue weighted by Gasteiger charge is 2.52. The quantitative estimate of drug-likeness (QED) is 0.432. The fraction of sp³-hybridized carbons (Fsp3) is 0.600. The fourth-order valence-corrected chi connectivity index (χ4v) is 3.00. The van der Waals surface area contributed by atoms with Crippen molar-refractivity contribution in [2.45, 2.75) is 12.8 Å². The number of allylic oxidation sites excluding steroid dienone is 2. The Kier molecular flexibility index (Phi) is 1.25. The van der Waals surface area contributed by atoms with Crippen LogP contribution in [0.4, 0.5) is 0 Å². The molecule has 4 atom stereocenters. The molecule has 1 aliphatic heterocycles. The van der Waals surface area contributed by atoms with Crippen LogP contribution >= 0.6 is 0 Å². The third-order valence-electron chi connectivity index (χ3n) is 3.60. The van der Waals surface area contributed by atoms with Gasteiger partial charge in [0.2, 0.25) is 11.8 Å². The molecule has 1 saturated carbocycles. The molecule has 4 unspecified atom stereocenters. The van der Waals surface area contributed by atoms with Crippen molar-refractivity contribution in [3.63, 3.8) is 0 Å². The van der Waals surface area contributed by atoms with Gasteiger partial charge in [0.25, 0.3) is 0 Å². The Labute approximate surface area is 76.2 Å².